The van der Waals surface area contributed by atoms with Gasteiger partial charge in [0.05, 0.1) is 0 Å². The molecule has 0 N–H and O–H groups in total. The van der Waals surface area contributed by atoms with Crippen LogP contribution < -0.4 is 0 Å². The van der Waals surface area contributed by atoms with Gasteiger partial charge in [-0.3, -0.25) is 0 Å². The molecule has 0 heterocycles. The molecule has 0 aliphatic heterocycles. The number of rotatable bonds is 0. The molecule has 0 aromatic carbocycles. The Kier molecular flexibility index (Phi) is 1.62. The fourth-order valence-corrected chi connectivity index (χ4v) is 5.50. The summed E-state index contributed by atoms with van der Waals surface area (Å²) in [6.45, 7) is 0. The zero-order chi connectivity index (χ0) is 9.12. The third kappa shape index (κ3) is 0.907. The van der Waals surface area contributed by atoms with Gasteiger partial charge < -0.3 is 0 Å². The van der Waals surface area contributed by atoms with Gasteiger partial charge >= 0.3 is 0 Å². The Labute approximate surface area is 87.5 Å². The highest BCUT2D eigenvalue weighted by Crippen LogP contribution is 2.66. The molecule has 6 unspecified atom stereocenters. The van der Waals surface area contributed by atoms with Crippen LogP contribution in [0.4, 0.5) is 0 Å². The quantitative estimate of drug-likeness (QED) is 0.544. The average molecular weight is 190 g/mol. The average Bonchev–Trinajstić information content (AvgIpc) is 2.33. The fourth-order valence-electron chi connectivity index (χ4n) is 5.50. The van der Waals surface area contributed by atoms with Crippen molar-refractivity contribution in [2.75, 3.05) is 0 Å². The van der Waals surface area contributed by atoms with Gasteiger partial charge in [0.2, 0.25) is 0 Å². The summed E-state index contributed by atoms with van der Waals surface area (Å²) < 4.78 is 0. The van der Waals surface area contributed by atoms with Crippen LogP contribution in [0.5, 0.6) is 0 Å². The highest BCUT2D eigenvalue weighted by Gasteiger charge is 2.59. The van der Waals surface area contributed by atoms with Crippen LogP contribution in [0.2, 0.25) is 0 Å². The minimum absolute atomic E-state index is 1.16. The van der Waals surface area contributed by atoms with Crippen LogP contribution in [0, 0.1) is 35.5 Å². The van der Waals surface area contributed by atoms with E-state index in [-0.39, 0.29) is 0 Å². The van der Waals surface area contributed by atoms with Crippen molar-refractivity contribution in [2.45, 2.75) is 51.4 Å². The lowest BCUT2D eigenvalue weighted by Crippen LogP contribution is -2.58. The van der Waals surface area contributed by atoms with E-state index in [1.54, 1.807) is 51.4 Å². The van der Waals surface area contributed by atoms with Gasteiger partial charge in [-0.15, -0.1) is 0 Å². The first kappa shape index (κ1) is 8.19. The molecule has 4 fully saturated rings. The Bertz CT molecular complexity index is 244. The fraction of sp³-hybridized carbons (Fsp3) is 1.00. The van der Waals surface area contributed by atoms with E-state index >= 15 is 0 Å². The van der Waals surface area contributed by atoms with Crippen LogP contribution in [0.15, 0.2) is 0 Å². The van der Waals surface area contributed by atoms with E-state index in [0.29, 0.717) is 0 Å². The molecule has 0 amide bonds. The highest BCUT2D eigenvalue weighted by atomic mass is 14.6. The minimum atomic E-state index is 1.16. The second-order valence-corrected chi connectivity index (χ2v) is 6.53. The van der Waals surface area contributed by atoms with Crippen molar-refractivity contribution in [1.29, 1.82) is 0 Å². The first-order valence-corrected chi connectivity index (χ1v) is 6.93. The molecule has 4 saturated carbocycles. The van der Waals surface area contributed by atoms with Crippen LogP contribution in [-0.2, 0) is 0 Å². The normalized spacial score (nSPS) is 60.0. The maximum Gasteiger partial charge on any atom is -0.0323 e. The Hall–Kier alpha value is 0. The molecule has 4 aliphatic rings. The van der Waals surface area contributed by atoms with Gasteiger partial charge in [-0.2, -0.15) is 0 Å². The molecule has 2 bridgehead atoms. The summed E-state index contributed by atoms with van der Waals surface area (Å²) in [6, 6.07) is 0. The summed E-state index contributed by atoms with van der Waals surface area (Å²) >= 11 is 0. The van der Waals surface area contributed by atoms with Crippen LogP contribution in [0.3, 0.4) is 0 Å². The van der Waals surface area contributed by atoms with Gasteiger partial charge in [0.15, 0.2) is 0 Å². The summed E-state index contributed by atoms with van der Waals surface area (Å²) in [5, 5.41) is 0. The lowest BCUT2D eigenvalue weighted by Gasteiger charge is -2.65. The van der Waals surface area contributed by atoms with Gasteiger partial charge in [0, 0.05) is 0 Å². The molecule has 14 heavy (non-hydrogen) atoms. The molecule has 0 aromatic heterocycles. The van der Waals surface area contributed by atoms with Gasteiger partial charge in [-0.05, 0) is 61.2 Å². The summed E-state index contributed by atoms with van der Waals surface area (Å²) in [4.78, 5) is 0. The largest absolute Gasteiger partial charge is 0.0530 e. The molecular formula is C14H22. The van der Waals surface area contributed by atoms with E-state index in [1.807, 2.05) is 0 Å². The van der Waals surface area contributed by atoms with Crippen LogP contribution >= 0.6 is 0 Å². The number of hydrogen-bond acceptors (Lipinski definition) is 0. The SMILES string of the molecule is C1CCC2CC(C1)CC1C3CCC3C21. The van der Waals surface area contributed by atoms with E-state index in [4.69, 9.17) is 0 Å². The molecule has 6 atom stereocenters. The molecule has 78 valence electrons. The van der Waals surface area contributed by atoms with Crippen molar-refractivity contribution in [3.05, 3.63) is 0 Å². The van der Waals surface area contributed by atoms with Crippen molar-refractivity contribution in [3.8, 4) is 0 Å². The second-order valence-electron chi connectivity index (χ2n) is 6.53. The molecule has 0 saturated heterocycles. The van der Waals surface area contributed by atoms with Gasteiger partial charge in [-0.1, -0.05) is 25.7 Å². The molecule has 0 radical (unpaired) electrons. The Morgan fingerprint density at radius 1 is 0.643 bits per heavy atom. The van der Waals surface area contributed by atoms with Crippen molar-refractivity contribution >= 4 is 0 Å². The standard InChI is InChI=1S/C14H22/c1-2-4-10-7-9(3-1)8-13-11-5-6-12(11)14(10)13/h9-14H,1-8H2. The monoisotopic (exact) mass is 190 g/mol. The Morgan fingerprint density at radius 2 is 1.50 bits per heavy atom. The van der Waals surface area contributed by atoms with Gasteiger partial charge in [0.1, 0.15) is 0 Å². The predicted octanol–water partition coefficient (Wildman–Crippen LogP) is 3.86. The van der Waals surface area contributed by atoms with Crippen LogP contribution in [0.1, 0.15) is 51.4 Å². The lowest BCUT2D eigenvalue weighted by molar-refractivity contribution is -0.162. The van der Waals surface area contributed by atoms with E-state index in [9.17, 15) is 0 Å². The maximum absolute atomic E-state index is 1.64. The lowest BCUT2D eigenvalue weighted by atomic mass is 9.40. The number of fused-ring (bicyclic) bond motifs is 7. The molecule has 0 aromatic rings. The second kappa shape index (κ2) is 2.77. The van der Waals surface area contributed by atoms with Crippen LogP contribution in [-0.4, -0.2) is 0 Å². The third-order valence-corrected chi connectivity index (χ3v) is 6.15. The predicted molar refractivity (Wildman–Crippen MR) is 57.9 cm³/mol. The van der Waals surface area contributed by atoms with Crippen molar-refractivity contribution in [3.63, 3.8) is 0 Å². The van der Waals surface area contributed by atoms with E-state index in [1.165, 1.54) is 29.6 Å². The summed E-state index contributed by atoms with van der Waals surface area (Å²) in [6.07, 6.45) is 12.8. The van der Waals surface area contributed by atoms with Crippen molar-refractivity contribution in [2.24, 2.45) is 35.5 Å². The molecule has 4 rings (SSSR count). The molecule has 4 aliphatic carbocycles. The topological polar surface area (TPSA) is 0 Å². The third-order valence-electron chi connectivity index (χ3n) is 6.15. The number of hydrogen-bond donors (Lipinski definition) is 0. The Morgan fingerprint density at radius 3 is 2.36 bits per heavy atom. The molecule has 0 nitrogen and oxygen atoms in total. The molecular weight excluding hydrogens is 168 g/mol. The van der Waals surface area contributed by atoms with E-state index in [0.717, 1.165) is 5.92 Å². The van der Waals surface area contributed by atoms with E-state index in [2.05, 4.69) is 0 Å². The van der Waals surface area contributed by atoms with E-state index < -0.39 is 0 Å². The first-order valence-electron chi connectivity index (χ1n) is 6.93. The van der Waals surface area contributed by atoms with Crippen molar-refractivity contribution in [1.82, 2.24) is 0 Å². The Balaban J connectivity index is 1.60. The van der Waals surface area contributed by atoms with Gasteiger partial charge in [0.25, 0.3) is 0 Å². The molecule has 0 heteroatoms. The first-order chi connectivity index (χ1) is 6.93. The zero-order valence-corrected chi connectivity index (χ0v) is 9.12. The smallest absolute Gasteiger partial charge is 0.0323 e. The van der Waals surface area contributed by atoms with Crippen LogP contribution in [0.25, 0.3) is 0 Å². The van der Waals surface area contributed by atoms with Crippen molar-refractivity contribution < 1.29 is 0 Å². The summed E-state index contributed by atoms with van der Waals surface area (Å²) in [5.41, 5.74) is 0. The summed E-state index contributed by atoms with van der Waals surface area (Å²) in [5.74, 6) is 7.24. The minimum Gasteiger partial charge on any atom is -0.0530 e. The molecule has 0 spiro atoms. The van der Waals surface area contributed by atoms with Gasteiger partial charge in [-0.25, -0.2) is 0 Å². The zero-order valence-electron chi connectivity index (χ0n) is 9.12. The highest BCUT2D eigenvalue weighted by molar-refractivity contribution is 5.08. The maximum atomic E-state index is 1.64. The summed E-state index contributed by atoms with van der Waals surface area (Å²) in [7, 11) is 0.